The number of hydrogen-bond acceptors (Lipinski definition) is 6. The Morgan fingerprint density at radius 1 is 1.30 bits per heavy atom. The highest BCUT2D eigenvalue weighted by Crippen LogP contribution is 2.19. The molecule has 1 unspecified atom stereocenters. The van der Waals surface area contributed by atoms with Crippen molar-refractivity contribution >= 4 is 24.3 Å². The molecule has 1 aromatic heterocycles. The van der Waals surface area contributed by atoms with Crippen LogP contribution in [0.4, 0.5) is 0 Å². The molecule has 2 rings (SSSR count). The fourth-order valence-electron chi connectivity index (χ4n) is 3.22. The van der Waals surface area contributed by atoms with Gasteiger partial charge in [0, 0.05) is 25.8 Å². The molecule has 2 heterocycles. The van der Waals surface area contributed by atoms with Crippen LogP contribution in [0.3, 0.4) is 0 Å². The molecular weight excluding hydrogens is 366 g/mol. The van der Waals surface area contributed by atoms with E-state index in [1.165, 1.54) is 15.2 Å². The molecule has 0 aromatic carbocycles. The predicted octanol–water partition coefficient (Wildman–Crippen LogP) is 2.67. The van der Waals surface area contributed by atoms with Gasteiger partial charge in [-0.1, -0.05) is 0 Å². The molecule has 7 nitrogen and oxygen atoms in total. The van der Waals surface area contributed by atoms with Gasteiger partial charge in [-0.25, -0.2) is 4.79 Å². The second-order valence-corrected chi connectivity index (χ2v) is 6.62. The number of aromatic nitrogens is 2. The van der Waals surface area contributed by atoms with Crippen molar-refractivity contribution in [1.82, 2.24) is 14.0 Å². The van der Waals surface area contributed by atoms with E-state index in [4.69, 9.17) is 17.0 Å². The van der Waals surface area contributed by atoms with E-state index in [0.717, 1.165) is 25.8 Å². The summed E-state index contributed by atoms with van der Waals surface area (Å²) in [6.07, 6.45) is 5.78. The van der Waals surface area contributed by atoms with Crippen molar-refractivity contribution < 1.29 is 14.6 Å². The molecule has 1 atom stereocenters. The van der Waals surface area contributed by atoms with Crippen molar-refractivity contribution in [3.8, 4) is 5.88 Å². The van der Waals surface area contributed by atoms with Crippen LogP contribution in [0.2, 0.25) is 0 Å². The minimum atomic E-state index is -0.355. The lowest BCUT2D eigenvalue weighted by Gasteiger charge is -2.32. The van der Waals surface area contributed by atoms with E-state index < -0.39 is 0 Å². The van der Waals surface area contributed by atoms with Crippen molar-refractivity contribution in [1.29, 1.82) is 0 Å². The van der Waals surface area contributed by atoms with Gasteiger partial charge in [-0.05, 0) is 58.3 Å². The van der Waals surface area contributed by atoms with Crippen LogP contribution in [0.5, 0.6) is 5.88 Å². The predicted molar refractivity (Wildman–Crippen MR) is 106 cm³/mol. The van der Waals surface area contributed by atoms with Crippen LogP contribution in [0, 0.1) is 4.77 Å². The van der Waals surface area contributed by atoms with E-state index in [0.29, 0.717) is 24.5 Å². The highest BCUT2D eigenvalue weighted by Gasteiger charge is 2.27. The zero-order chi connectivity index (χ0) is 20.0. The molecule has 0 saturated carbocycles. The number of nitrogens with zero attached hydrogens (tertiary/aromatic N) is 3. The summed E-state index contributed by atoms with van der Waals surface area (Å²) in [7, 11) is 0. The Kier molecular flexibility index (Phi) is 7.45. The van der Waals surface area contributed by atoms with E-state index in [-0.39, 0.29) is 29.0 Å². The molecule has 0 bridgehead atoms. The van der Waals surface area contributed by atoms with Gasteiger partial charge in [0.2, 0.25) is 5.88 Å². The van der Waals surface area contributed by atoms with Gasteiger partial charge in [-0.15, -0.1) is 5.73 Å². The number of aromatic hydroxyl groups is 1. The summed E-state index contributed by atoms with van der Waals surface area (Å²) in [6.45, 7) is 7.39. The van der Waals surface area contributed by atoms with Gasteiger partial charge in [-0.2, -0.15) is 0 Å². The molecule has 0 aliphatic carbocycles. The van der Waals surface area contributed by atoms with Crippen LogP contribution in [-0.2, 0) is 22.6 Å². The normalized spacial score (nSPS) is 16.6. The first kappa shape index (κ1) is 21.0. The molecule has 0 radical (unpaired) electrons. The van der Waals surface area contributed by atoms with E-state index in [2.05, 4.69) is 5.73 Å². The number of carbonyl (C=O) groups excluding carboxylic acids is 1. The van der Waals surface area contributed by atoms with Crippen molar-refractivity contribution in [3.05, 3.63) is 32.6 Å². The second kappa shape index (κ2) is 9.58. The van der Waals surface area contributed by atoms with Gasteiger partial charge >= 0.3 is 5.97 Å². The van der Waals surface area contributed by atoms with Gasteiger partial charge in [0.1, 0.15) is 11.6 Å². The standard InChI is InChI=1S/C19H27N3O4S/c1-4-21-16(23)14(17(24)22(5-2)19(21)27)10-9-13-20-12-8-7-11-15(20)18(25)26-6-3/h10,13,15,23H,4-8,11-12H2,1-3H3. The highest BCUT2D eigenvalue weighted by atomic mass is 32.1. The third-order valence-corrected chi connectivity index (χ3v) is 5.08. The molecule has 1 aliphatic rings. The van der Waals surface area contributed by atoms with Crippen LogP contribution in [0.1, 0.15) is 45.6 Å². The van der Waals surface area contributed by atoms with Crippen LogP contribution >= 0.6 is 12.2 Å². The quantitative estimate of drug-likeness (QED) is 0.455. The van der Waals surface area contributed by atoms with E-state index in [9.17, 15) is 14.7 Å². The Balaban J connectivity index is 2.40. The Morgan fingerprint density at radius 2 is 2.00 bits per heavy atom. The van der Waals surface area contributed by atoms with E-state index in [1.807, 2.05) is 18.7 Å². The van der Waals surface area contributed by atoms with Gasteiger partial charge < -0.3 is 14.7 Å². The molecule has 1 saturated heterocycles. The number of carbonyl (C=O) groups is 1. The largest absolute Gasteiger partial charge is 0.494 e. The minimum absolute atomic E-state index is 0.133. The summed E-state index contributed by atoms with van der Waals surface area (Å²) in [5, 5.41) is 10.4. The average molecular weight is 394 g/mol. The SMILES string of the molecule is CCOC(=O)C1CCCCN1C=C=Cc1c(O)n(CC)c(=S)n(CC)c1=O. The van der Waals surface area contributed by atoms with E-state index in [1.54, 1.807) is 13.1 Å². The third-order valence-electron chi connectivity index (χ3n) is 4.64. The smallest absolute Gasteiger partial charge is 0.328 e. The lowest BCUT2D eigenvalue weighted by molar-refractivity contribution is -0.149. The molecule has 0 spiro atoms. The summed E-state index contributed by atoms with van der Waals surface area (Å²) in [6, 6.07) is -0.337. The molecule has 148 valence electrons. The molecule has 8 heteroatoms. The second-order valence-electron chi connectivity index (χ2n) is 6.26. The monoisotopic (exact) mass is 393 g/mol. The summed E-state index contributed by atoms with van der Waals surface area (Å²) in [5.41, 5.74) is 2.73. The molecule has 27 heavy (non-hydrogen) atoms. The topological polar surface area (TPSA) is 76.7 Å². The Labute approximate surface area is 164 Å². The maximum atomic E-state index is 12.6. The van der Waals surface area contributed by atoms with Crippen molar-refractivity contribution in [2.24, 2.45) is 0 Å². The molecule has 1 aliphatic heterocycles. The van der Waals surface area contributed by atoms with Crippen LogP contribution < -0.4 is 5.56 Å². The summed E-state index contributed by atoms with van der Waals surface area (Å²) >= 11 is 5.27. The molecule has 0 amide bonds. The number of likely N-dealkylation sites (tertiary alicyclic amines) is 1. The molecule has 1 fully saturated rings. The maximum absolute atomic E-state index is 12.6. The van der Waals surface area contributed by atoms with Gasteiger partial charge in [0.05, 0.1) is 6.61 Å². The molecular formula is C19H27N3O4S. The zero-order valence-corrected chi connectivity index (χ0v) is 16.9. The number of ether oxygens (including phenoxy) is 1. The Morgan fingerprint density at radius 3 is 2.63 bits per heavy atom. The number of rotatable bonds is 6. The first-order valence-electron chi connectivity index (χ1n) is 9.37. The van der Waals surface area contributed by atoms with Gasteiger partial charge in [0.15, 0.2) is 4.77 Å². The average Bonchev–Trinajstić information content (AvgIpc) is 2.65. The number of esters is 1. The van der Waals surface area contributed by atoms with Crippen LogP contribution in [-0.4, -0.2) is 44.3 Å². The minimum Gasteiger partial charge on any atom is -0.494 e. The Hall–Kier alpha value is -2.31. The van der Waals surface area contributed by atoms with Gasteiger partial charge in [0.25, 0.3) is 5.56 Å². The third kappa shape index (κ3) is 4.51. The fourth-order valence-corrected chi connectivity index (χ4v) is 3.64. The molecule has 1 aromatic rings. The van der Waals surface area contributed by atoms with Crippen molar-refractivity contribution in [2.45, 2.75) is 59.2 Å². The summed E-state index contributed by atoms with van der Waals surface area (Å²) in [4.78, 5) is 26.6. The van der Waals surface area contributed by atoms with Crippen LogP contribution in [0.25, 0.3) is 6.08 Å². The summed E-state index contributed by atoms with van der Waals surface area (Å²) in [5.74, 6) is -0.413. The maximum Gasteiger partial charge on any atom is 0.328 e. The summed E-state index contributed by atoms with van der Waals surface area (Å²) < 4.78 is 8.38. The van der Waals surface area contributed by atoms with E-state index >= 15 is 0 Å². The van der Waals surface area contributed by atoms with Crippen molar-refractivity contribution in [3.63, 3.8) is 0 Å². The van der Waals surface area contributed by atoms with Crippen LogP contribution in [0.15, 0.2) is 16.7 Å². The van der Waals surface area contributed by atoms with Gasteiger partial charge in [-0.3, -0.25) is 13.9 Å². The first-order chi connectivity index (χ1) is 13.0. The number of hydrogen-bond donors (Lipinski definition) is 1. The van der Waals surface area contributed by atoms with Crippen molar-refractivity contribution in [2.75, 3.05) is 13.2 Å². The lowest BCUT2D eigenvalue weighted by Crippen LogP contribution is -2.42. The molecule has 1 N–H and O–H groups in total. The Bertz CT molecular complexity index is 865. The highest BCUT2D eigenvalue weighted by molar-refractivity contribution is 7.71. The fraction of sp³-hybridized carbons (Fsp3) is 0.579. The lowest BCUT2D eigenvalue weighted by atomic mass is 10.0. The number of piperidine rings is 1. The zero-order valence-electron chi connectivity index (χ0n) is 16.1. The first-order valence-corrected chi connectivity index (χ1v) is 9.78.